The average Bonchev–Trinajstić information content (AvgIpc) is 3.42. The molecule has 3 nitrogen and oxygen atoms in total. The summed E-state index contributed by atoms with van der Waals surface area (Å²) in [6.07, 6.45) is 8.94. The lowest BCUT2D eigenvalue weighted by atomic mass is 9.86. The number of rotatable bonds is 3. The van der Waals surface area contributed by atoms with Crippen LogP contribution in [0.25, 0.3) is 0 Å². The van der Waals surface area contributed by atoms with E-state index in [0.717, 1.165) is 51.6 Å². The minimum atomic E-state index is -0.254. The van der Waals surface area contributed by atoms with Gasteiger partial charge in [0, 0.05) is 18.6 Å². The van der Waals surface area contributed by atoms with Crippen molar-refractivity contribution in [3.63, 3.8) is 0 Å². The molecule has 1 saturated heterocycles. The summed E-state index contributed by atoms with van der Waals surface area (Å²) in [7, 11) is 0. The Labute approximate surface area is 132 Å². The van der Waals surface area contributed by atoms with Gasteiger partial charge in [-0.15, -0.1) is 0 Å². The van der Waals surface area contributed by atoms with E-state index in [2.05, 4.69) is 29.2 Å². The van der Waals surface area contributed by atoms with E-state index in [4.69, 9.17) is 5.73 Å². The Hall–Kier alpha value is -1.35. The highest BCUT2D eigenvalue weighted by atomic mass is 16.2. The Morgan fingerprint density at radius 1 is 0.909 bits per heavy atom. The van der Waals surface area contributed by atoms with Crippen LogP contribution in [0.5, 0.6) is 0 Å². The Kier molecular flexibility index (Phi) is 3.30. The summed E-state index contributed by atoms with van der Waals surface area (Å²) in [5.41, 5.74) is 8.51. The maximum absolute atomic E-state index is 13.2. The van der Waals surface area contributed by atoms with Crippen LogP contribution in [0.3, 0.4) is 0 Å². The highest BCUT2D eigenvalue weighted by Gasteiger charge is 2.56. The normalized spacial score (nSPS) is 25.4. The van der Waals surface area contributed by atoms with E-state index in [1.807, 2.05) is 0 Å². The van der Waals surface area contributed by atoms with Gasteiger partial charge in [-0.1, -0.05) is 37.1 Å². The van der Waals surface area contributed by atoms with Crippen LogP contribution < -0.4 is 5.73 Å². The molecule has 22 heavy (non-hydrogen) atoms. The molecule has 2 saturated carbocycles. The average molecular weight is 298 g/mol. The first kappa shape index (κ1) is 14.3. The molecule has 0 unspecified atom stereocenters. The van der Waals surface area contributed by atoms with Crippen LogP contribution in [-0.4, -0.2) is 23.9 Å². The predicted octanol–water partition coefficient (Wildman–Crippen LogP) is 3.07. The predicted molar refractivity (Wildman–Crippen MR) is 87.5 cm³/mol. The molecule has 1 aliphatic heterocycles. The van der Waals surface area contributed by atoms with Crippen molar-refractivity contribution >= 4 is 5.91 Å². The number of nitrogens with zero attached hydrogens (tertiary/aromatic N) is 1. The zero-order chi connectivity index (χ0) is 15.2. The maximum Gasteiger partial charge on any atom is 0.233 e. The van der Waals surface area contributed by atoms with Gasteiger partial charge in [0.05, 0.1) is 5.41 Å². The van der Waals surface area contributed by atoms with Crippen LogP contribution in [0.1, 0.15) is 62.5 Å². The molecule has 1 aromatic carbocycles. The molecule has 0 spiro atoms. The fourth-order valence-corrected chi connectivity index (χ4v) is 4.04. The molecule has 1 amide bonds. The third kappa shape index (κ3) is 2.26. The number of carbonyl (C=O) groups excluding carboxylic acids is 1. The minimum Gasteiger partial charge on any atom is -0.342 e. The van der Waals surface area contributed by atoms with Crippen molar-refractivity contribution in [2.75, 3.05) is 13.1 Å². The summed E-state index contributed by atoms with van der Waals surface area (Å²) in [5.74, 6) is 0.367. The van der Waals surface area contributed by atoms with Crippen LogP contribution in [0.4, 0.5) is 0 Å². The van der Waals surface area contributed by atoms with Gasteiger partial charge in [-0.25, -0.2) is 0 Å². The number of likely N-dealkylation sites (tertiary alicyclic amines) is 1. The van der Waals surface area contributed by atoms with Gasteiger partial charge >= 0.3 is 0 Å². The highest BCUT2D eigenvalue weighted by molar-refractivity contribution is 5.92. The van der Waals surface area contributed by atoms with E-state index >= 15 is 0 Å². The topological polar surface area (TPSA) is 46.3 Å². The third-order valence-corrected chi connectivity index (χ3v) is 5.82. The summed E-state index contributed by atoms with van der Waals surface area (Å²) in [6, 6.07) is 8.45. The number of carbonyl (C=O) groups is 1. The standard InChI is InChI=1S/C19H26N2O/c20-19(11-12-19)16-8-4-3-7-15(16)18(9-10-18)17(22)21-13-5-1-2-6-14-21/h3-4,7-8H,1-2,5-6,9-14,20H2. The zero-order valence-electron chi connectivity index (χ0n) is 13.3. The fourth-order valence-electron chi connectivity index (χ4n) is 4.04. The van der Waals surface area contributed by atoms with Crippen molar-refractivity contribution in [1.29, 1.82) is 0 Å². The van der Waals surface area contributed by atoms with Crippen molar-refractivity contribution in [2.45, 2.75) is 62.3 Å². The molecule has 1 heterocycles. The lowest BCUT2D eigenvalue weighted by molar-refractivity contribution is -0.133. The summed E-state index contributed by atoms with van der Waals surface area (Å²) < 4.78 is 0. The number of amides is 1. The van der Waals surface area contributed by atoms with Gasteiger partial charge in [-0.3, -0.25) is 4.79 Å². The van der Waals surface area contributed by atoms with Crippen LogP contribution in [0.15, 0.2) is 24.3 Å². The third-order valence-electron chi connectivity index (χ3n) is 5.82. The van der Waals surface area contributed by atoms with Crippen LogP contribution in [0, 0.1) is 0 Å². The smallest absolute Gasteiger partial charge is 0.233 e. The van der Waals surface area contributed by atoms with E-state index in [0.29, 0.717) is 5.91 Å². The quantitative estimate of drug-likeness (QED) is 0.932. The van der Waals surface area contributed by atoms with Gasteiger partial charge in [-0.05, 0) is 49.7 Å². The number of nitrogens with two attached hydrogens (primary N) is 1. The molecule has 118 valence electrons. The SMILES string of the molecule is NC1(c2ccccc2C2(C(=O)N3CCCCCC3)CC2)CC1. The van der Waals surface area contributed by atoms with Crippen molar-refractivity contribution in [3.05, 3.63) is 35.4 Å². The monoisotopic (exact) mass is 298 g/mol. The maximum atomic E-state index is 13.2. The Balaban J connectivity index is 1.65. The van der Waals surface area contributed by atoms with Crippen molar-refractivity contribution in [2.24, 2.45) is 5.73 Å². The molecule has 0 radical (unpaired) electrons. The van der Waals surface area contributed by atoms with Crippen molar-refractivity contribution in [3.8, 4) is 0 Å². The second kappa shape index (κ2) is 5.09. The van der Waals surface area contributed by atoms with Crippen LogP contribution >= 0.6 is 0 Å². The molecule has 1 aromatic rings. The molecule has 2 N–H and O–H groups in total. The van der Waals surface area contributed by atoms with E-state index < -0.39 is 0 Å². The van der Waals surface area contributed by atoms with Gasteiger partial charge in [-0.2, -0.15) is 0 Å². The summed E-state index contributed by atoms with van der Waals surface area (Å²) in [4.78, 5) is 15.4. The fraction of sp³-hybridized carbons (Fsp3) is 0.632. The summed E-state index contributed by atoms with van der Waals surface area (Å²) >= 11 is 0. The van der Waals surface area contributed by atoms with Gasteiger partial charge in [0.1, 0.15) is 0 Å². The molecular formula is C19H26N2O. The molecule has 0 aromatic heterocycles. The van der Waals surface area contributed by atoms with E-state index in [1.54, 1.807) is 0 Å². The molecule has 2 aliphatic carbocycles. The van der Waals surface area contributed by atoms with E-state index in [9.17, 15) is 4.79 Å². The van der Waals surface area contributed by atoms with Gasteiger partial charge in [0.15, 0.2) is 0 Å². The van der Waals surface area contributed by atoms with Crippen LogP contribution in [-0.2, 0) is 15.7 Å². The number of hydrogen-bond acceptors (Lipinski definition) is 2. The summed E-state index contributed by atoms with van der Waals surface area (Å²) in [5, 5.41) is 0. The molecule has 3 heteroatoms. The number of hydrogen-bond donors (Lipinski definition) is 1. The number of benzene rings is 1. The summed E-state index contributed by atoms with van der Waals surface area (Å²) in [6.45, 7) is 1.88. The van der Waals surface area contributed by atoms with Gasteiger partial charge in [0.2, 0.25) is 5.91 Å². The van der Waals surface area contributed by atoms with Crippen molar-refractivity contribution in [1.82, 2.24) is 4.90 Å². The van der Waals surface area contributed by atoms with Crippen LogP contribution in [0.2, 0.25) is 0 Å². The Morgan fingerprint density at radius 2 is 1.50 bits per heavy atom. The van der Waals surface area contributed by atoms with Gasteiger partial charge in [0.25, 0.3) is 0 Å². The largest absolute Gasteiger partial charge is 0.342 e. The lowest BCUT2D eigenvalue weighted by Crippen LogP contribution is -2.41. The molecular weight excluding hydrogens is 272 g/mol. The molecule has 3 aliphatic rings. The Bertz CT molecular complexity index is 579. The first-order valence-electron chi connectivity index (χ1n) is 8.84. The zero-order valence-corrected chi connectivity index (χ0v) is 13.3. The molecule has 3 fully saturated rings. The second-order valence-electron chi connectivity index (χ2n) is 7.49. The molecule has 4 rings (SSSR count). The minimum absolute atomic E-state index is 0.161. The highest BCUT2D eigenvalue weighted by Crippen LogP contribution is 2.55. The van der Waals surface area contributed by atoms with Crippen molar-refractivity contribution < 1.29 is 4.79 Å². The lowest BCUT2D eigenvalue weighted by Gasteiger charge is -2.28. The Morgan fingerprint density at radius 3 is 2.05 bits per heavy atom. The first-order chi connectivity index (χ1) is 10.7. The van der Waals surface area contributed by atoms with E-state index in [1.165, 1.54) is 24.0 Å². The van der Waals surface area contributed by atoms with Gasteiger partial charge < -0.3 is 10.6 Å². The molecule has 0 atom stereocenters. The second-order valence-corrected chi connectivity index (χ2v) is 7.49. The molecule has 0 bridgehead atoms. The first-order valence-corrected chi connectivity index (χ1v) is 8.84. The van der Waals surface area contributed by atoms with E-state index in [-0.39, 0.29) is 11.0 Å².